The molecule has 6 heteroatoms. The van der Waals surface area contributed by atoms with Gasteiger partial charge in [0.15, 0.2) is 9.84 Å². The first-order chi connectivity index (χ1) is 9.39. The molecule has 0 radical (unpaired) electrons. The van der Waals surface area contributed by atoms with E-state index in [1.165, 1.54) is 24.3 Å². The number of nitrogens with zero attached hydrogens (tertiary/aromatic N) is 1. The maximum absolute atomic E-state index is 12.1. The fourth-order valence-corrected chi connectivity index (χ4v) is 5.02. The van der Waals surface area contributed by atoms with Gasteiger partial charge in [-0.3, -0.25) is 4.21 Å². The van der Waals surface area contributed by atoms with Crippen LogP contribution in [-0.4, -0.2) is 29.9 Å². The Labute approximate surface area is 123 Å². The largest absolute Gasteiger partial charge is 0.260 e. The smallest absolute Gasteiger partial charge is 0.179 e. The van der Waals surface area contributed by atoms with Gasteiger partial charge in [-0.1, -0.05) is 20.3 Å². The normalized spacial score (nSPS) is 14.4. The first-order valence-electron chi connectivity index (χ1n) is 6.47. The molecule has 0 N–H and O–H groups in total. The lowest BCUT2D eigenvalue weighted by molar-refractivity contribution is 0.595. The van der Waals surface area contributed by atoms with Gasteiger partial charge in [-0.25, -0.2) is 8.42 Å². The molecule has 2 unspecified atom stereocenters. The van der Waals surface area contributed by atoms with Crippen LogP contribution in [0.25, 0.3) is 0 Å². The van der Waals surface area contributed by atoms with Crippen molar-refractivity contribution in [2.45, 2.75) is 25.2 Å². The summed E-state index contributed by atoms with van der Waals surface area (Å²) in [7, 11) is -4.53. The molecular formula is C14H19NO3S2. The molecule has 0 heterocycles. The van der Waals surface area contributed by atoms with Gasteiger partial charge in [0.05, 0.1) is 22.3 Å². The molecule has 0 aliphatic heterocycles. The van der Waals surface area contributed by atoms with Crippen molar-refractivity contribution in [3.8, 4) is 6.07 Å². The van der Waals surface area contributed by atoms with Crippen LogP contribution in [-0.2, 0) is 20.6 Å². The Morgan fingerprint density at radius 1 is 1.30 bits per heavy atom. The molecule has 1 aromatic rings. The average Bonchev–Trinajstić information content (AvgIpc) is 2.45. The highest BCUT2D eigenvalue weighted by atomic mass is 32.2. The number of sulfone groups is 1. The number of hydrogen-bond acceptors (Lipinski definition) is 4. The predicted octanol–water partition coefficient (Wildman–Crippen LogP) is 2.13. The summed E-state index contributed by atoms with van der Waals surface area (Å²) >= 11 is 0. The summed E-state index contributed by atoms with van der Waals surface area (Å²) in [5.74, 6) is 0.919. The summed E-state index contributed by atoms with van der Waals surface area (Å²) < 4.78 is 35.9. The third kappa shape index (κ3) is 5.06. The van der Waals surface area contributed by atoms with Crippen LogP contribution in [0.2, 0.25) is 0 Å². The van der Waals surface area contributed by atoms with Crippen molar-refractivity contribution < 1.29 is 12.6 Å². The molecular weight excluding hydrogens is 294 g/mol. The number of rotatable bonds is 7. The van der Waals surface area contributed by atoms with Gasteiger partial charge < -0.3 is 0 Å². The molecule has 4 nitrogen and oxygen atoms in total. The molecule has 0 bridgehead atoms. The Bertz CT molecular complexity index is 600. The standard InChI is InChI=1S/C14H19NO3S2/c1-3-12(2)11-19(16)8-9-20(17,18)14-6-4-13(10-15)5-7-14/h4-7,12H,3,8-9,11H2,1-2H3. The summed E-state index contributed by atoms with van der Waals surface area (Å²) in [6.07, 6.45) is 0.939. The minimum absolute atomic E-state index is 0.123. The van der Waals surface area contributed by atoms with Gasteiger partial charge in [0.25, 0.3) is 0 Å². The van der Waals surface area contributed by atoms with E-state index in [0.29, 0.717) is 17.2 Å². The third-order valence-corrected chi connectivity index (χ3v) is 6.68. The van der Waals surface area contributed by atoms with Crippen LogP contribution in [0.5, 0.6) is 0 Å². The van der Waals surface area contributed by atoms with E-state index >= 15 is 0 Å². The van der Waals surface area contributed by atoms with Crippen LogP contribution in [0, 0.1) is 17.2 Å². The van der Waals surface area contributed by atoms with E-state index < -0.39 is 20.6 Å². The minimum Gasteiger partial charge on any atom is -0.260 e. The first kappa shape index (κ1) is 16.9. The van der Waals surface area contributed by atoms with Crippen LogP contribution in [0.1, 0.15) is 25.8 Å². The second-order valence-electron chi connectivity index (χ2n) is 4.78. The molecule has 0 aliphatic carbocycles. The van der Waals surface area contributed by atoms with E-state index in [4.69, 9.17) is 5.26 Å². The monoisotopic (exact) mass is 313 g/mol. The van der Waals surface area contributed by atoms with Crippen LogP contribution in [0.3, 0.4) is 0 Å². The molecule has 1 rings (SSSR count). The Balaban J connectivity index is 2.66. The molecule has 110 valence electrons. The lowest BCUT2D eigenvalue weighted by atomic mass is 10.2. The van der Waals surface area contributed by atoms with E-state index in [2.05, 4.69) is 0 Å². The van der Waals surface area contributed by atoms with E-state index in [0.717, 1.165) is 6.42 Å². The van der Waals surface area contributed by atoms with Gasteiger partial charge in [-0.05, 0) is 30.2 Å². The van der Waals surface area contributed by atoms with Crippen LogP contribution >= 0.6 is 0 Å². The molecule has 0 aliphatic rings. The van der Waals surface area contributed by atoms with Gasteiger partial charge in [-0.2, -0.15) is 5.26 Å². The molecule has 0 spiro atoms. The Hall–Kier alpha value is -1.19. The number of hydrogen-bond donors (Lipinski definition) is 0. The zero-order chi connectivity index (χ0) is 15.2. The van der Waals surface area contributed by atoms with Crippen molar-refractivity contribution in [3.05, 3.63) is 29.8 Å². The maximum Gasteiger partial charge on any atom is 0.179 e. The van der Waals surface area contributed by atoms with Crippen LogP contribution in [0.4, 0.5) is 0 Å². The summed E-state index contributed by atoms with van der Waals surface area (Å²) in [5, 5.41) is 8.68. The van der Waals surface area contributed by atoms with Crippen LogP contribution in [0.15, 0.2) is 29.2 Å². The van der Waals surface area contributed by atoms with E-state index in [1.807, 2.05) is 19.9 Å². The molecule has 20 heavy (non-hydrogen) atoms. The third-order valence-electron chi connectivity index (χ3n) is 3.09. The maximum atomic E-state index is 12.1. The minimum atomic E-state index is -3.43. The van der Waals surface area contributed by atoms with Crippen LogP contribution < -0.4 is 0 Å². The topological polar surface area (TPSA) is 75.0 Å². The lowest BCUT2D eigenvalue weighted by Crippen LogP contribution is -2.17. The molecule has 0 fully saturated rings. The summed E-state index contributed by atoms with van der Waals surface area (Å²) in [4.78, 5) is 0.178. The molecule has 0 saturated carbocycles. The number of nitriles is 1. The second kappa shape index (κ2) is 7.55. The quantitative estimate of drug-likeness (QED) is 0.773. The fourth-order valence-electron chi connectivity index (χ4n) is 1.58. The molecule has 0 saturated heterocycles. The van der Waals surface area contributed by atoms with Gasteiger partial charge in [-0.15, -0.1) is 0 Å². The number of benzene rings is 1. The first-order valence-corrected chi connectivity index (χ1v) is 9.61. The van der Waals surface area contributed by atoms with Gasteiger partial charge in [0.2, 0.25) is 0 Å². The summed E-state index contributed by atoms with van der Waals surface area (Å²) in [6.45, 7) is 4.03. The van der Waals surface area contributed by atoms with Crippen molar-refractivity contribution in [2.75, 3.05) is 17.3 Å². The summed E-state index contributed by atoms with van der Waals surface area (Å²) in [5.41, 5.74) is 0.421. The summed E-state index contributed by atoms with van der Waals surface area (Å²) in [6, 6.07) is 7.74. The van der Waals surface area contributed by atoms with Crippen molar-refractivity contribution in [2.24, 2.45) is 5.92 Å². The molecule has 0 amide bonds. The Morgan fingerprint density at radius 2 is 1.90 bits per heavy atom. The van der Waals surface area contributed by atoms with Gasteiger partial charge in [0, 0.05) is 22.3 Å². The van der Waals surface area contributed by atoms with E-state index in [1.54, 1.807) is 0 Å². The molecule has 0 aromatic heterocycles. The predicted molar refractivity (Wildman–Crippen MR) is 80.5 cm³/mol. The van der Waals surface area contributed by atoms with E-state index in [9.17, 15) is 12.6 Å². The van der Waals surface area contributed by atoms with Gasteiger partial charge in [0.1, 0.15) is 0 Å². The van der Waals surface area contributed by atoms with Gasteiger partial charge >= 0.3 is 0 Å². The highest BCUT2D eigenvalue weighted by Crippen LogP contribution is 2.13. The Kier molecular flexibility index (Phi) is 6.37. The highest BCUT2D eigenvalue weighted by molar-refractivity contribution is 7.93. The zero-order valence-corrected chi connectivity index (χ0v) is 13.3. The second-order valence-corrected chi connectivity index (χ2v) is 8.51. The molecule has 1 aromatic carbocycles. The van der Waals surface area contributed by atoms with Crippen molar-refractivity contribution >= 4 is 20.6 Å². The fraction of sp³-hybridized carbons (Fsp3) is 0.500. The molecule has 2 atom stereocenters. The SMILES string of the molecule is CCC(C)CS(=O)CCS(=O)(=O)c1ccc(C#N)cc1. The average molecular weight is 313 g/mol. The van der Waals surface area contributed by atoms with Crippen molar-refractivity contribution in [1.29, 1.82) is 5.26 Å². The van der Waals surface area contributed by atoms with Crippen molar-refractivity contribution in [3.63, 3.8) is 0 Å². The van der Waals surface area contributed by atoms with E-state index in [-0.39, 0.29) is 16.4 Å². The zero-order valence-electron chi connectivity index (χ0n) is 11.7. The highest BCUT2D eigenvalue weighted by Gasteiger charge is 2.16. The van der Waals surface area contributed by atoms with Crippen molar-refractivity contribution in [1.82, 2.24) is 0 Å². The lowest BCUT2D eigenvalue weighted by Gasteiger charge is -2.08. The Morgan fingerprint density at radius 3 is 2.40 bits per heavy atom.